The van der Waals surface area contributed by atoms with Crippen molar-refractivity contribution in [1.29, 1.82) is 0 Å². The number of piperidine rings is 1. The Morgan fingerprint density at radius 2 is 1.82 bits per heavy atom. The van der Waals surface area contributed by atoms with Gasteiger partial charge in [-0.15, -0.1) is 0 Å². The summed E-state index contributed by atoms with van der Waals surface area (Å²) in [6, 6.07) is 5.42. The molecule has 39 heavy (non-hydrogen) atoms. The molecule has 0 spiro atoms. The third-order valence-electron chi connectivity index (χ3n) is 7.18. The zero-order valence-corrected chi connectivity index (χ0v) is 21.4. The molecule has 1 atom stereocenters. The molecular formula is C26H28F2N6O5. The number of rotatable bonds is 5. The molecule has 2 aromatic rings. The zero-order valence-electron chi connectivity index (χ0n) is 21.4. The number of halogens is 2. The highest BCUT2D eigenvalue weighted by molar-refractivity contribution is 6.01. The topological polar surface area (TPSA) is 124 Å². The van der Waals surface area contributed by atoms with Crippen molar-refractivity contribution < 1.29 is 32.7 Å². The number of urea groups is 1. The lowest BCUT2D eigenvalue weighted by atomic mass is 9.89. The maximum Gasteiger partial charge on any atom is 0.407 e. The zero-order chi connectivity index (χ0) is 27.8. The van der Waals surface area contributed by atoms with Gasteiger partial charge in [0.15, 0.2) is 0 Å². The Balaban J connectivity index is 1.06. The summed E-state index contributed by atoms with van der Waals surface area (Å²) >= 11 is 0. The monoisotopic (exact) mass is 542 g/mol. The van der Waals surface area contributed by atoms with Gasteiger partial charge in [-0.05, 0) is 37.6 Å². The summed E-state index contributed by atoms with van der Waals surface area (Å²) in [6.45, 7) is 3.03. The van der Waals surface area contributed by atoms with Crippen molar-refractivity contribution in [2.45, 2.75) is 37.8 Å². The van der Waals surface area contributed by atoms with Crippen LogP contribution in [0.25, 0.3) is 0 Å². The molecule has 3 aliphatic rings. The highest BCUT2D eigenvalue weighted by Gasteiger charge is 2.37. The van der Waals surface area contributed by atoms with Gasteiger partial charge in [-0.3, -0.25) is 24.8 Å². The number of pyridine rings is 1. The van der Waals surface area contributed by atoms with Gasteiger partial charge in [-0.1, -0.05) is 0 Å². The minimum Gasteiger partial charge on any atom is -0.442 e. The van der Waals surface area contributed by atoms with Crippen LogP contribution < -0.4 is 20.4 Å². The molecule has 3 fully saturated rings. The lowest BCUT2D eigenvalue weighted by Crippen LogP contribution is -2.62. The van der Waals surface area contributed by atoms with Gasteiger partial charge in [0.05, 0.1) is 36.9 Å². The molecule has 1 aromatic carbocycles. The maximum absolute atomic E-state index is 14.8. The molecule has 5 amide bonds. The number of nitrogens with zero attached hydrogens (tertiary/aromatic N) is 4. The number of anilines is 2. The van der Waals surface area contributed by atoms with Crippen molar-refractivity contribution in [3.63, 3.8) is 0 Å². The Kier molecular flexibility index (Phi) is 7.06. The molecule has 4 heterocycles. The highest BCUT2D eigenvalue weighted by atomic mass is 19.1. The number of aryl methyl sites for hydroxylation is 1. The first-order valence-corrected chi connectivity index (χ1v) is 12.6. The number of ether oxygens (including phenoxy) is 1. The van der Waals surface area contributed by atoms with Crippen LogP contribution in [0.3, 0.4) is 0 Å². The van der Waals surface area contributed by atoms with Gasteiger partial charge < -0.3 is 19.9 Å². The Hall–Kier alpha value is -4.29. The smallest absolute Gasteiger partial charge is 0.407 e. The van der Waals surface area contributed by atoms with Gasteiger partial charge in [-0.2, -0.15) is 0 Å². The van der Waals surface area contributed by atoms with Crippen molar-refractivity contribution in [1.82, 2.24) is 20.5 Å². The molecule has 3 aliphatic heterocycles. The van der Waals surface area contributed by atoms with E-state index in [0.29, 0.717) is 18.8 Å². The van der Waals surface area contributed by atoms with E-state index in [4.69, 9.17) is 4.74 Å². The molecule has 0 bridgehead atoms. The molecule has 0 radical (unpaired) electrons. The Morgan fingerprint density at radius 3 is 2.44 bits per heavy atom. The van der Waals surface area contributed by atoms with Crippen molar-refractivity contribution in [3.05, 3.63) is 53.4 Å². The quantitative estimate of drug-likeness (QED) is 0.554. The van der Waals surface area contributed by atoms with Gasteiger partial charge in [-0.25, -0.2) is 18.4 Å². The lowest BCUT2D eigenvalue weighted by Gasteiger charge is -2.43. The minimum atomic E-state index is -1.06. The molecule has 11 nitrogen and oxygen atoms in total. The molecule has 1 aromatic heterocycles. The Labute approximate surface area is 223 Å². The molecule has 3 saturated heterocycles. The fraction of sp³-hybridized carbons (Fsp3) is 0.423. The number of carbonyl (C=O) groups excluding carboxylic acids is 4. The number of benzene rings is 1. The highest BCUT2D eigenvalue weighted by Crippen LogP contribution is 2.33. The predicted molar refractivity (Wildman–Crippen MR) is 135 cm³/mol. The van der Waals surface area contributed by atoms with E-state index in [9.17, 15) is 28.0 Å². The predicted octanol–water partition coefficient (Wildman–Crippen LogP) is 2.04. The summed E-state index contributed by atoms with van der Waals surface area (Å²) in [7, 11) is 1.65. The molecule has 0 saturated carbocycles. The number of hydrogen-bond donors (Lipinski definition) is 2. The van der Waals surface area contributed by atoms with E-state index in [1.54, 1.807) is 29.1 Å². The van der Waals surface area contributed by atoms with Crippen molar-refractivity contribution in [2.75, 3.05) is 43.0 Å². The van der Waals surface area contributed by atoms with Crippen molar-refractivity contribution >= 4 is 35.3 Å². The summed E-state index contributed by atoms with van der Waals surface area (Å²) in [5, 5.41) is 4.83. The molecular weight excluding hydrogens is 514 g/mol. The molecule has 1 unspecified atom stereocenters. The van der Waals surface area contributed by atoms with E-state index < -0.39 is 41.6 Å². The van der Waals surface area contributed by atoms with Crippen LogP contribution in [0.15, 0.2) is 30.5 Å². The lowest BCUT2D eigenvalue weighted by molar-refractivity contribution is -0.134. The molecule has 206 valence electrons. The number of nitrogens with one attached hydrogen (secondary N) is 2. The molecule has 13 heteroatoms. The SMILES string of the molecule is Cc1ccc(N(C)C(=O)N2CC(OC(=O)NC3CN(c4cc(F)c(C5CCC(=O)NC5=O)c(F)c4)C3)C2)cn1. The van der Waals surface area contributed by atoms with Crippen LogP contribution in [0.5, 0.6) is 0 Å². The summed E-state index contributed by atoms with van der Waals surface area (Å²) in [5.74, 6) is -3.95. The summed E-state index contributed by atoms with van der Waals surface area (Å²) in [4.78, 5) is 57.2. The van der Waals surface area contributed by atoms with Crippen molar-refractivity contribution in [2.24, 2.45) is 0 Å². The van der Waals surface area contributed by atoms with E-state index in [2.05, 4.69) is 15.6 Å². The summed E-state index contributed by atoms with van der Waals surface area (Å²) in [6.07, 6.45) is 0.621. The standard InChI is InChI=1S/C26H28F2N6O5/c1-14-3-4-16(9-29-14)32(2)26(38)34-12-18(13-34)39-25(37)30-15-10-33(11-15)17-7-20(27)23(21(28)8-17)19-5-6-22(35)31-24(19)36/h3-4,7-9,15,18-19H,5-6,10-13H2,1-2H3,(H,30,37)(H,31,35,36). The average Bonchev–Trinajstić information content (AvgIpc) is 2.83. The fourth-order valence-corrected chi connectivity index (χ4v) is 4.84. The minimum absolute atomic E-state index is 0.0179. The van der Waals surface area contributed by atoms with E-state index in [0.717, 1.165) is 17.8 Å². The van der Waals surface area contributed by atoms with Gasteiger partial charge in [0.1, 0.15) is 17.7 Å². The van der Waals surface area contributed by atoms with E-state index in [1.807, 2.05) is 13.0 Å². The first-order valence-electron chi connectivity index (χ1n) is 12.6. The van der Waals surface area contributed by atoms with E-state index >= 15 is 0 Å². The second-order valence-electron chi connectivity index (χ2n) is 10.0. The molecule has 0 aliphatic carbocycles. The largest absolute Gasteiger partial charge is 0.442 e. The van der Waals surface area contributed by atoms with Gasteiger partial charge in [0.2, 0.25) is 11.8 Å². The van der Waals surface area contributed by atoms with Crippen LogP contribution in [-0.4, -0.2) is 79.2 Å². The first-order chi connectivity index (χ1) is 18.6. The number of hydrogen-bond acceptors (Lipinski definition) is 7. The van der Waals surface area contributed by atoms with Crippen LogP contribution in [0.4, 0.5) is 29.7 Å². The van der Waals surface area contributed by atoms with Crippen LogP contribution in [-0.2, 0) is 14.3 Å². The fourth-order valence-electron chi connectivity index (χ4n) is 4.84. The number of imide groups is 1. The number of aromatic nitrogens is 1. The summed E-state index contributed by atoms with van der Waals surface area (Å²) in [5.41, 5.74) is 1.44. The van der Waals surface area contributed by atoms with Crippen molar-refractivity contribution in [3.8, 4) is 0 Å². The van der Waals surface area contributed by atoms with Crippen LogP contribution >= 0.6 is 0 Å². The van der Waals surface area contributed by atoms with Crippen LogP contribution in [0.1, 0.15) is 30.0 Å². The molecule has 5 rings (SSSR count). The van der Waals surface area contributed by atoms with Gasteiger partial charge >= 0.3 is 12.1 Å². The second-order valence-corrected chi connectivity index (χ2v) is 10.0. The Morgan fingerprint density at radius 1 is 1.13 bits per heavy atom. The van der Waals surface area contributed by atoms with E-state index in [1.165, 1.54) is 4.90 Å². The maximum atomic E-state index is 14.8. The first kappa shape index (κ1) is 26.3. The van der Waals surface area contributed by atoms with Crippen LogP contribution in [0.2, 0.25) is 0 Å². The Bertz CT molecular complexity index is 1290. The average molecular weight is 543 g/mol. The third kappa shape index (κ3) is 5.47. The molecule has 2 N–H and O–H groups in total. The number of likely N-dealkylation sites (tertiary alicyclic amines) is 1. The van der Waals surface area contributed by atoms with Gasteiger partial charge in [0, 0.05) is 43.5 Å². The van der Waals surface area contributed by atoms with Crippen LogP contribution in [0, 0.1) is 18.6 Å². The van der Waals surface area contributed by atoms with Gasteiger partial charge in [0.25, 0.3) is 0 Å². The number of carbonyl (C=O) groups is 4. The number of amides is 5. The normalized spacial score (nSPS) is 19.6. The third-order valence-corrected chi connectivity index (χ3v) is 7.18. The second kappa shape index (κ2) is 10.5. The van der Waals surface area contributed by atoms with E-state index in [-0.39, 0.29) is 49.3 Å². The summed E-state index contributed by atoms with van der Waals surface area (Å²) < 4.78 is 34.9. The number of alkyl carbamates (subject to hydrolysis) is 1.